The topological polar surface area (TPSA) is 61.9 Å². The van der Waals surface area contributed by atoms with Crippen LogP contribution in [0.4, 0.5) is 0 Å². The highest BCUT2D eigenvalue weighted by Crippen LogP contribution is 2.44. The van der Waals surface area contributed by atoms with Crippen molar-refractivity contribution in [2.75, 3.05) is 39.9 Å². The molecule has 0 unspecified atom stereocenters. The van der Waals surface area contributed by atoms with Gasteiger partial charge in [0.1, 0.15) is 0 Å². The van der Waals surface area contributed by atoms with Gasteiger partial charge in [-0.15, -0.1) is 11.3 Å². The van der Waals surface area contributed by atoms with E-state index < -0.39 is 5.92 Å². The summed E-state index contributed by atoms with van der Waals surface area (Å²) in [7, 11) is 1.63. The molecule has 2 aromatic rings. The minimum absolute atomic E-state index is 0.0116. The number of nitrogens with zero attached hydrogens (tertiary/aromatic N) is 2. The van der Waals surface area contributed by atoms with E-state index in [-0.39, 0.29) is 17.9 Å². The SMILES string of the molecule is COCCN1C(=O)c2ccccc2[C@H](C(=O)NCCCN2CCCC[C@H]2C)[C@@H]1c1cccs1. The Labute approximate surface area is 200 Å². The van der Waals surface area contributed by atoms with E-state index in [1.807, 2.05) is 46.7 Å². The molecular weight excluding hydrogens is 434 g/mol. The third kappa shape index (κ3) is 5.31. The smallest absolute Gasteiger partial charge is 0.254 e. The van der Waals surface area contributed by atoms with Gasteiger partial charge in [-0.2, -0.15) is 0 Å². The average Bonchev–Trinajstić information content (AvgIpc) is 3.36. The number of carbonyl (C=O) groups excluding carboxylic acids is 2. The molecule has 1 N–H and O–H groups in total. The molecule has 2 aliphatic heterocycles. The number of likely N-dealkylation sites (tertiary alicyclic amines) is 1. The van der Waals surface area contributed by atoms with Crippen LogP contribution in [0.2, 0.25) is 0 Å². The summed E-state index contributed by atoms with van der Waals surface area (Å²) in [5, 5.41) is 5.20. The first-order valence-corrected chi connectivity index (χ1v) is 12.9. The highest BCUT2D eigenvalue weighted by molar-refractivity contribution is 7.10. The first kappa shape index (κ1) is 23.9. The molecule has 1 aromatic carbocycles. The van der Waals surface area contributed by atoms with Crippen molar-refractivity contribution in [3.05, 3.63) is 57.8 Å². The van der Waals surface area contributed by atoms with E-state index >= 15 is 0 Å². The lowest BCUT2D eigenvalue weighted by Crippen LogP contribution is -2.48. The molecule has 7 heteroatoms. The number of methoxy groups -OCH3 is 1. The van der Waals surface area contributed by atoms with Gasteiger partial charge in [0, 0.05) is 43.2 Å². The number of hydrogen-bond acceptors (Lipinski definition) is 5. The summed E-state index contributed by atoms with van der Waals surface area (Å²) >= 11 is 1.59. The fourth-order valence-electron chi connectivity index (χ4n) is 5.18. The first-order valence-electron chi connectivity index (χ1n) is 12.1. The van der Waals surface area contributed by atoms with Crippen molar-refractivity contribution in [2.45, 2.75) is 50.6 Å². The number of fused-ring (bicyclic) bond motifs is 1. The van der Waals surface area contributed by atoms with E-state index in [0.29, 0.717) is 31.3 Å². The molecule has 4 rings (SSSR count). The van der Waals surface area contributed by atoms with Crippen LogP contribution in [0.15, 0.2) is 41.8 Å². The fraction of sp³-hybridized carbons (Fsp3) is 0.538. The largest absolute Gasteiger partial charge is 0.383 e. The van der Waals surface area contributed by atoms with Gasteiger partial charge < -0.3 is 19.9 Å². The van der Waals surface area contributed by atoms with E-state index in [1.54, 1.807) is 18.4 Å². The van der Waals surface area contributed by atoms with Crippen molar-refractivity contribution in [2.24, 2.45) is 0 Å². The molecule has 33 heavy (non-hydrogen) atoms. The van der Waals surface area contributed by atoms with Gasteiger partial charge in [-0.3, -0.25) is 9.59 Å². The van der Waals surface area contributed by atoms with Gasteiger partial charge in [0.15, 0.2) is 0 Å². The van der Waals surface area contributed by atoms with Crippen LogP contribution in [0.1, 0.15) is 65.4 Å². The zero-order valence-electron chi connectivity index (χ0n) is 19.7. The van der Waals surface area contributed by atoms with Gasteiger partial charge >= 0.3 is 0 Å². The molecule has 0 aliphatic carbocycles. The number of thiophene rings is 1. The molecule has 3 atom stereocenters. The Kier molecular flexibility index (Phi) is 8.17. The Morgan fingerprint density at radius 3 is 2.79 bits per heavy atom. The number of piperidine rings is 1. The number of carbonyl (C=O) groups is 2. The Morgan fingerprint density at radius 2 is 2.03 bits per heavy atom. The molecule has 6 nitrogen and oxygen atoms in total. The number of rotatable bonds is 9. The summed E-state index contributed by atoms with van der Waals surface area (Å²) < 4.78 is 5.29. The monoisotopic (exact) mass is 469 g/mol. The van der Waals surface area contributed by atoms with Crippen LogP contribution in [-0.4, -0.2) is 67.6 Å². The molecule has 2 aliphatic rings. The lowest BCUT2D eigenvalue weighted by atomic mass is 9.81. The standard InChI is InChI=1S/C26H35N3O3S/c1-19-9-5-6-14-28(19)15-8-13-27-25(30)23-20-10-3-4-11-21(20)26(31)29(16-17-32-2)24(23)22-12-7-18-33-22/h3-4,7,10-12,18-19,23-24H,5-6,8-9,13-17H2,1-2H3,(H,27,30)/t19-,23+,24+/m1/s1. The lowest BCUT2D eigenvalue weighted by Gasteiger charge is -2.41. The predicted octanol–water partition coefficient (Wildman–Crippen LogP) is 4.06. The zero-order valence-corrected chi connectivity index (χ0v) is 20.5. The van der Waals surface area contributed by atoms with Gasteiger partial charge in [0.25, 0.3) is 5.91 Å². The number of amides is 2. The van der Waals surface area contributed by atoms with Gasteiger partial charge in [-0.05, 0) is 55.8 Å². The highest BCUT2D eigenvalue weighted by atomic mass is 32.1. The van der Waals surface area contributed by atoms with Crippen molar-refractivity contribution in [3.63, 3.8) is 0 Å². The van der Waals surface area contributed by atoms with Crippen LogP contribution in [0.25, 0.3) is 0 Å². The van der Waals surface area contributed by atoms with Crippen LogP contribution in [-0.2, 0) is 9.53 Å². The quantitative estimate of drug-likeness (QED) is 0.563. The maximum atomic E-state index is 13.6. The minimum Gasteiger partial charge on any atom is -0.383 e. The van der Waals surface area contributed by atoms with Crippen LogP contribution < -0.4 is 5.32 Å². The van der Waals surface area contributed by atoms with E-state index in [9.17, 15) is 9.59 Å². The predicted molar refractivity (Wildman–Crippen MR) is 132 cm³/mol. The molecule has 178 valence electrons. The lowest BCUT2D eigenvalue weighted by molar-refractivity contribution is -0.124. The van der Waals surface area contributed by atoms with Gasteiger partial charge in [0.2, 0.25) is 5.91 Å². The van der Waals surface area contributed by atoms with Crippen LogP contribution >= 0.6 is 11.3 Å². The summed E-state index contributed by atoms with van der Waals surface area (Å²) in [6, 6.07) is 11.9. The Balaban J connectivity index is 1.53. The van der Waals surface area contributed by atoms with Gasteiger partial charge in [-0.1, -0.05) is 30.7 Å². The maximum absolute atomic E-state index is 13.6. The summed E-state index contributed by atoms with van der Waals surface area (Å²) in [6.45, 7) is 5.98. The summed E-state index contributed by atoms with van der Waals surface area (Å²) in [6.07, 6.45) is 4.78. The number of benzene rings is 1. The third-order valence-corrected chi connectivity index (χ3v) is 7.90. The van der Waals surface area contributed by atoms with E-state index in [1.165, 1.54) is 19.3 Å². The number of hydrogen-bond donors (Lipinski definition) is 1. The fourth-order valence-corrected chi connectivity index (χ4v) is 6.05. The molecule has 0 bridgehead atoms. The molecule has 0 radical (unpaired) electrons. The van der Waals surface area contributed by atoms with Crippen LogP contribution in [0.3, 0.4) is 0 Å². The number of ether oxygens (including phenoxy) is 1. The Hall–Kier alpha value is -2.22. The second-order valence-electron chi connectivity index (χ2n) is 9.04. The Bertz CT molecular complexity index is 933. The molecule has 3 heterocycles. The van der Waals surface area contributed by atoms with E-state index in [0.717, 1.165) is 30.0 Å². The normalized spacial score (nSPS) is 23.4. The molecular formula is C26H35N3O3S. The molecule has 0 saturated carbocycles. The van der Waals surface area contributed by atoms with Crippen LogP contribution in [0, 0.1) is 0 Å². The number of nitrogens with one attached hydrogen (secondary N) is 1. The molecule has 0 spiro atoms. The highest BCUT2D eigenvalue weighted by Gasteiger charge is 2.44. The summed E-state index contributed by atoms with van der Waals surface area (Å²) in [5.74, 6) is -0.491. The maximum Gasteiger partial charge on any atom is 0.254 e. The first-order chi connectivity index (χ1) is 16.1. The zero-order chi connectivity index (χ0) is 23.2. The van der Waals surface area contributed by atoms with Crippen molar-refractivity contribution in [1.82, 2.24) is 15.1 Å². The van der Waals surface area contributed by atoms with E-state index in [4.69, 9.17) is 4.74 Å². The molecule has 1 fully saturated rings. The minimum atomic E-state index is -0.441. The van der Waals surface area contributed by atoms with E-state index in [2.05, 4.69) is 17.1 Å². The second kappa shape index (κ2) is 11.3. The second-order valence-corrected chi connectivity index (χ2v) is 10.0. The van der Waals surface area contributed by atoms with Crippen LogP contribution in [0.5, 0.6) is 0 Å². The van der Waals surface area contributed by atoms with Gasteiger partial charge in [-0.25, -0.2) is 0 Å². The van der Waals surface area contributed by atoms with Gasteiger partial charge in [0.05, 0.1) is 18.6 Å². The third-order valence-electron chi connectivity index (χ3n) is 6.95. The van der Waals surface area contributed by atoms with Crippen molar-refractivity contribution >= 4 is 23.2 Å². The van der Waals surface area contributed by atoms with Crippen molar-refractivity contribution in [1.29, 1.82) is 0 Å². The Morgan fingerprint density at radius 1 is 1.18 bits per heavy atom. The average molecular weight is 470 g/mol. The summed E-state index contributed by atoms with van der Waals surface area (Å²) in [5.41, 5.74) is 1.43. The summed E-state index contributed by atoms with van der Waals surface area (Å²) in [4.78, 5) is 32.4. The molecule has 1 saturated heterocycles. The molecule has 2 amide bonds. The molecule has 1 aromatic heterocycles. The van der Waals surface area contributed by atoms with Crippen molar-refractivity contribution in [3.8, 4) is 0 Å². The van der Waals surface area contributed by atoms with Crippen molar-refractivity contribution < 1.29 is 14.3 Å².